The number of piperidine rings is 1. The molecule has 28 heavy (non-hydrogen) atoms. The number of likely N-dealkylation sites (tertiary alicyclic amines) is 1. The van der Waals surface area contributed by atoms with E-state index in [1.807, 2.05) is 37.3 Å². The van der Waals surface area contributed by atoms with Crippen molar-refractivity contribution in [2.75, 3.05) is 33.0 Å². The fraction of sp³-hybridized carbons (Fsp3) is 0.429. The van der Waals surface area contributed by atoms with Gasteiger partial charge in [0.1, 0.15) is 17.3 Å². The summed E-state index contributed by atoms with van der Waals surface area (Å²) in [4.78, 5) is 7.25. The first-order valence-electron chi connectivity index (χ1n) is 9.64. The van der Waals surface area contributed by atoms with Gasteiger partial charge in [0.15, 0.2) is 5.65 Å². The summed E-state index contributed by atoms with van der Waals surface area (Å²) in [5, 5.41) is 4.39. The Balaban J connectivity index is 1.47. The average Bonchev–Trinajstić information content (AvgIpc) is 3.09. The zero-order valence-electron chi connectivity index (χ0n) is 16.7. The maximum atomic E-state index is 6.19. The molecule has 3 heterocycles. The van der Waals surface area contributed by atoms with Crippen LogP contribution in [0, 0.1) is 6.92 Å². The third-order valence-corrected chi connectivity index (χ3v) is 5.51. The molecule has 0 unspecified atom stereocenters. The van der Waals surface area contributed by atoms with Crippen LogP contribution in [-0.2, 0) is 6.54 Å². The summed E-state index contributed by atoms with van der Waals surface area (Å²) < 4.78 is 12.8. The topological polar surface area (TPSA) is 77.9 Å². The van der Waals surface area contributed by atoms with Gasteiger partial charge in [0, 0.05) is 30.3 Å². The highest BCUT2D eigenvalue weighted by atomic mass is 16.5. The van der Waals surface area contributed by atoms with Crippen molar-refractivity contribution in [2.45, 2.75) is 32.2 Å². The van der Waals surface area contributed by atoms with Gasteiger partial charge in [-0.05, 0) is 45.0 Å². The Morgan fingerprint density at radius 3 is 2.43 bits per heavy atom. The predicted molar refractivity (Wildman–Crippen MR) is 109 cm³/mol. The summed E-state index contributed by atoms with van der Waals surface area (Å²) in [6, 6.07) is 9.88. The molecule has 1 aliphatic heterocycles. The molecule has 0 amide bonds. The van der Waals surface area contributed by atoms with E-state index in [1.165, 1.54) is 0 Å². The summed E-state index contributed by atoms with van der Waals surface area (Å²) >= 11 is 0. The summed E-state index contributed by atoms with van der Waals surface area (Å²) in [6.45, 7) is 4.77. The highest BCUT2D eigenvalue weighted by Gasteiger charge is 2.24. The molecule has 148 valence electrons. The predicted octanol–water partition coefficient (Wildman–Crippen LogP) is 3.02. The number of nitrogens with two attached hydrogens (primary N) is 1. The number of fused-ring (bicyclic) bond motifs is 1. The number of nitrogens with zero attached hydrogens (tertiary/aromatic N) is 4. The van der Waals surface area contributed by atoms with Crippen LogP contribution in [0.15, 0.2) is 30.3 Å². The fourth-order valence-corrected chi connectivity index (χ4v) is 4.04. The second-order valence-electron chi connectivity index (χ2n) is 7.35. The third kappa shape index (κ3) is 3.49. The Morgan fingerprint density at radius 1 is 1.11 bits per heavy atom. The van der Waals surface area contributed by atoms with Crippen molar-refractivity contribution in [3.63, 3.8) is 0 Å². The number of aryl methyl sites for hydroxylation is 1. The van der Waals surface area contributed by atoms with E-state index in [-0.39, 0.29) is 0 Å². The van der Waals surface area contributed by atoms with E-state index in [4.69, 9.17) is 20.2 Å². The number of hydrogen-bond donors (Lipinski definition) is 1. The van der Waals surface area contributed by atoms with Gasteiger partial charge in [-0.15, -0.1) is 0 Å². The largest absolute Gasteiger partial charge is 0.496 e. The maximum Gasteiger partial charge on any atom is 0.157 e. The normalized spacial score (nSPS) is 15.8. The Kier molecular flexibility index (Phi) is 5.09. The molecule has 0 aliphatic carbocycles. The molecule has 0 saturated carbocycles. The number of methoxy groups -OCH3 is 2. The highest BCUT2D eigenvalue weighted by Crippen LogP contribution is 2.33. The van der Waals surface area contributed by atoms with Gasteiger partial charge in [-0.25, -0.2) is 4.98 Å². The minimum atomic E-state index is 0.415. The van der Waals surface area contributed by atoms with Crippen LogP contribution in [0.4, 0.5) is 5.82 Å². The number of ether oxygens (including phenoxy) is 2. The molecule has 1 saturated heterocycles. The van der Waals surface area contributed by atoms with Gasteiger partial charge >= 0.3 is 0 Å². The molecule has 1 fully saturated rings. The summed E-state index contributed by atoms with van der Waals surface area (Å²) in [6.07, 6.45) is 2.10. The summed E-state index contributed by atoms with van der Waals surface area (Å²) in [5.41, 5.74) is 10.1. The smallest absolute Gasteiger partial charge is 0.157 e. The molecule has 3 aromatic rings. The van der Waals surface area contributed by atoms with E-state index < -0.39 is 0 Å². The minimum Gasteiger partial charge on any atom is -0.496 e. The Morgan fingerprint density at radius 2 is 1.79 bits per heavy atom. The van der Waals surface area contributed by atoms with Crippen molar-refractivity contribution in [2.24, 2.45) is 0 Å². The van der Waals surface area contributed by atoms with Crippen LogP contribution in [0.5, 0.6) is 11.5 Å². The standard InChI is InChI=1S/C21H27N5O2/c1-14-11-21-23-17(12-20(22)26(21)24-14)15-7-9-25(10-8-15)13-16-18(27-2)5-4-6-19(16)28-3/h4-6,11-12,15H,7-10,13,22H2,1-3H3. The molecule has 7 heteroatoms. The van der Waals surface area contributed by atoms with Gasteiger partial charge in [-0.1, -0.05) is 6.07 Å². The van der Waals surface area contributed by atoms with E-state index in [0.29, 0.717) is 11.7 Å². The fourth-order valence-electron chi connectivity index (χ4n) is 4.04. The van der Waals surface area contributed by atoms with Gasteiger partial charge in [0.2, 0.25) is 0 Å². The number of hydrogen-bond acceptors (Lipinski definition) is 6. The van der Waals surface area contributed by atoms with Crippen LogP contribution in [-0.4, -0.2) is 46.8 Å². The molecule has 0 bridgehead atoms. The number of benzene rings is 1. The van der Waals surface area contributed by atoms with Crippen LogP contribution < -0.4 is 15.2 Å². The zero-order chi connectivity index (χ0) is 19.7. The Labute approximate surface area is 165 Å². The molecule has 4 rings (SSSR count). The van der Waals surface area contributed by atoms with E-state index in [0.717, 1.165) is 66.6 Å². The van der Waals surface area contributed by atoms with E-state index >= 15 is 0 Å². The quantitative estimate of drug-likeness (QED) is 0.732. The van der Waals surface area contributed by atoms with Crippen molar-refractivity contribution in [1.29, 1.82) is 0 Å². The van der Waals surface area contributed by atoms with Crippen molar-refractivity contribution < 1.29 is 9.47 Å². The number of anilines is 1. The first-order chi connectivity index (χ1) is 13.6. The van der Waals surface area contributed by atoms with Gasteiger partial charge in [-0.2, -0.15) is 9.61 Å². The number of nitrogen functional groups attached to an aromatic ring is 1. The van der Waals surface area contributed by atoms with Crippen LogP contribution in [0.2, 0.25) is 0 Å². The van der Waals surface area contributed by atoms with Crippen LogP contribution >= 0.6 is 0 Å². The lowest BCUT2D eigenvalue weighted by Gasteiger charge is -2.32. The molecular weight excluding hydrogens is 354 g/mol. The second kappa shape index (κ2) is 7.67. The van der Waals surface area contributed by atoms with Crippen molar-refractivity contribution in [1.82, 2.24) is 19.5 Å². The first kappa shape index (κ1) is 18.6. The van der Waals surface area contributed by atoms with E-state index in [2.05, 4.69) is 10.00 Å². The molecule has 0 radical (unpaired) electrons. The van der Waals surface area contributed by atoms with Crippen molar-refractivity contribution in [3.8, 4) is 11.5 Å². The second-order valence-corrected chi connectivity index (χ2v) is 7.35. The molecule has 1 aromatic carbocycles. The molecule has 2 aromatic heterocycles. The third-order valence-electron chi connectivity index (χ3n) is 5.51. The van der Waals surface area contributed by atoms with Gasteiger partial charge in [0.25, 0.3) is 0 Å². The average molecular weight is 381 g/mol. The maximum absolute atomic E-state index is 6.19. The lowest BCUT2D eigenvalue weighted by molar-refractivity contribution is 0.198. The number of rotatable bonds is 5. The van der Waals surface area contributed by atoms with Gasteiger partial charge in [0.05, 0.1) is 25.5 Å². The molecule has 2 N–H and O–H groups in total. The molecule has 1 aliphatic rings. The van der Waals surface area contributed by atoms with Crippen LogP contribution in [0.1, 0.15) is 35.7 Å². The Bertz CT molecular complexity index is 954. The minimum absolute atomic E-state index is 0.415. The summed E-state index contributed by atoms with van der Waals surface area (Å²) in [7, 11) is 3.41. The zero-order valence-corrected chi connectivity index (χ0v) is 16.7. The monoisotopic (exact) mass is 381 g/mol. The van der Waals surface area contributed by atoms with Crippen LogP contribution in [0.3, 0.4) is 0 Å². The molecule has 7 nitrogen and oxygen atoms in total. The van der Waals surface area contributed by atoms with Crippen molar-refractivity contribution in [3.05, 3.63) is 47.3 Å². The van der Waals surface area contributed by atoms with E-state index in [9.17, 15) is 0 Å². The lowest BCUT2D eigenvalue weighted by atomic mass is 9.93. The van der Waals surface area contributed by atoms with Gasteiger partial charge in [-0.3, -0.25) is 4.90 Å². The van der Waals surface area contributed by atoms with Crippen LogP contribution in [0.25, 0.3) is 5.65 Å². The first-order valence-corrected chi connectivity index (χ1v) is 9.64. The Hall–Kier alpha value is -2.80. The lowest BCUT2D eigenvalue weighted by Crippen LogP contribution is -2.33. The highest BCUT2D eigenvalue weighted by molar-refractivity contribution is 5.49. The molecule has 0 atom stereocenters. The van der Waals surface area contributed by atoms with Crippen molar-refractivity contribution >= 4 is 11.5 Å². The summed E-state index contributed by atoms with van der Waals surface area (Å²) in [5.74, 6) is 2.81. The number of aromatic nitrogens is 3. The molecule has 0 spiro atoms. The van der Waals surface area contributed by atoms with E-state index in [1.54, 1.807) is 18.7 Å². The van der Waals surface area contributed by atoms with Gasteiger partial charge < -0.3 is 15.2 Å². The SMILES string of the molecule is COc1cccc(OC)c1CN1CCC(c2cc(N)n3nc(C)cc3n2)CC1. The molecular formula is C21H27N5O2.